The molecule has 0 aromatic heterocycles. The van der Waals surface area contributed by atoms with Crippen LogP contribution in [-0.2, 0) is 4.79 Å². The number of methoxy groups -OCH3 is 1. The molecule has 1 saturated carbocycles. The average molecular weight is 551 g/mol. The van der Waals surface area contributed by atoms with Crippen LogP contribution in [0.25, 0.3) is 0 Å². The zero-order valence-corrected chi connectivity index (χ0v) is 24.0. The number of nitrogens with zero attached hydrogens (tertiary/aromatic N) is 1. The van der Waals surface area contributed by atoms with E-state index in [2.05, 4.69) is 10.2 Å². The first-order valence-electron chi connectivity index (χ1n) is 15.1. The molecule has 1 heterocycles. The summed E-state index contributed by atoms with van der Waals surface area (Å²) in [6.07, 6.45) is 9.88. The van der Waals surface area contributed by atoms with Crippen LogP contribution in [0.5, 0.6) is 11.5 Å². The first-order chi connectivity index (χ1) is 19.5. The lowest BCUT2D eigenvalue weighted by Crippen LogP contribution is -2.46. The summed E-state index contributed by atoms with van der Waals surface area (Å²) < 4.78 is 11.2. The summed E-state index contributed by atoms with van der Waals surface area (Å²) in [7, 11) is 1.60. The number of Topliss-reactive ketones (excluding diaryl/α,β-unsaturated/α-hetero) is 1. The van der Waals surface area contributed by atoms with E-state index >= 15 is 0 Å². The van der Waals surface area contributed by atoms with Gasteiger partial charge in [-0.05, 0) is 99.5 Å². The number of aliphatic hydroxyl groups is 1. The van der Waals surface area contributed by atoms with Crippen molar-refractivity contribution in [1.29, 1.82) is 0 Å². The number of unbranched alkanes of at least 4 members (excludes halogenated alkanes) is 1. The minimum absolute atomic E-state index is 0.0663. The zero-order valence-electron chi connectivity index (χ0n) is 24.0. The van der Waals surface area contributed by atoms with E-state index in [0.29, 0.717) is 43.7 Å². The molecule has 0 spiro atoms. The summed E-state index contributed by atoms with van der Waals surface area (Å²) in [5.74, 6) is 2.16. The SMILES string of the molecule is COc1ccc(C(=O)CCCCC(=O)N[C@H](CN2CCCC2)[C@H](O)c2ccc(OCC3CCCCC3)cc2)cc1. The number of hydrogen-bond acceptors (Lipinski definition) is 6. The number of carbonyl (C=O) groups excluding carboxylic acids is 2. The molecule has 40 heavy (non-hydrogen) atoms. The van der Waals surface area contributed by atoms with Gasteiger partial charge in [0, 0.05) is 24.9 Å². The molecular formula is C33H46N2O5. The highest BCUT2D eigenvalue weighted by atomic mass is 16.5. The van der Waals surface area contributed by atoms with Gasteiger partial charge in [0.25, 0.3) is 0 Å². The van der Waals surface area contributed by atoms with Crippen molar-refractivity contribution >= 4 is 11.7 Å². The van der Waals surface area contributed by atoms with Crippen molar-refractivity contribution in [3.8, 4) is 11.5 Å². The molecule has 2 N–H and O–H groups in total. The van der Waals surface area contributed by atoms with E-state index in [1.54, 1.807) is 31.4 Å². The second-order valence-corrected chi connectivity index (χ2v) is 11.4. The lowest BCUT2D eigenvalue weighted by molar-refractivity contribution is -0.123. The summed E-state index contributed by atoms with van der Waals surface area (Å²) in [6.45, 7) is 3.34. The molecule has 7 heteroatoms. The van der Waals surface area contributed by atoms with Crippen LogP contribution >= 0.6 is 0 Å². The maximum atomic E-state index is 12.9. The molecule has 2 aromatic rings. The summed E-state index contributed by atoms with van der Waals surface area (Å²) in [6, 6.07) is 14.4. The fourth-order valence-corrected chi connectivity index (χ4v) is 5.80. The van der Waals surface area contributed by atoms with Gasteiger partial charge in [0.1, 0.15) is 17.6 Å². The lowest BCUT2D eigenvalue weighted by atomic mass is 9.90. The predicted molar refractivity (Wildman–Crippen MR) is 157 cm³/mol. The minimum atomic E-state index is -0.811. The topological polar surface area (TPSA) is 88.1 Å². The van der Waals surface area contributed by atoms with Crippen LogP contribution in [0.3, 0.4) is 0 Å². The molecule has 2 aromatic carbocycles. The minimum Gasteiger partial charge on any atom is -0.497 e. The van der Waals surface area contributed by atoms with Gasteiger partial charge < -0.3 is 24.8 Å². The first-order valence-corrected chi connectivity index (χ1v) is 15.1. The highest BCUT2D eigenvalue weighted by molar-refractivity contribution is 5.96. The fourth-order valence-electron chi connectivity index (χ4n) is 5.80. The number of aliphatic hydroxyl groups excluding tert-OH is 1. The van der Waals surface area contributed by atoms with E-state index < -0.39 is 12.1 Å². The Labute approximate surface area is 239 Å². The summed E-state index contributed by atoms with van der Waals surface area (Å²) >= 11 is 0. The molecule has 1 aliphatic carbocycles. The molecule has 1 amide bonds. The second-order valence-electron chi connectivity index (χ2n) is 11.4. The van der Waals surface area contributed by atoms with Crippen LogP contribution in [0, 0.1) is 5.92 Å². The van der Waals surface area contributed by atoms with E-state index in [9.17, 15) is 14.7 Å². The van der Waals surface area contributed by atoms with Gasteiger partial charge in [0.15, 0.2) is 5.78 Å². The molecular weight excluding hydrogens is 504 g/mol. The number of rotatable bonds is 15. The van der Waals surface area contributed by atoms with Crippen LogP contribution in [0.1, 0.15) is 92.7 Å². The van der Waals surface area contributed by atoms with Crippen molar-refractivity contribution in [3.63, 3.8) is 0 Å². The van der Waals surface area contributed by atoms with Gasteiger partial charge in [0.2, 0.25) is 5.91 Å². The number of ether oxygens (including phenoxy) is 2. The standard InChI is InChI=1S/C33H46N2O5/c1-39-28-17-13-26(14-18-28)31(36)11-5-6-12-32(37)34-30(23-35-21-7-8-22-35)33(38)27-15-19-29(20-16-27)40-24-25-9-3-2-4-10-25/h13-20,25,30,33,38H,2-12,21-24H2,1H3,(H,34,37)/t30-,33-/m1/s1. The highest BCUT2D eigenvalue weighted by Gasteiger charge is 2.26. The van der Waals surface area contributed by atoms with Crippen LogP contribution in [-0.4, -0.2) is 61.1 Å². The van der Waals surface area contributed by atoms with Crippen LogP contribution in [0.4, 0.5) is 0 Å². The van der Waals surface area contributed by atoms with E-state index in [1.807, 2.05) is 24.3 Å². The molecule has 1 aliphatic heterocycles. The van der Waals surface area contributed by atoms with E-state index in [-0.39, 0.29) is 11.7 Å². The van der Waals surface area contributed by atoms with Crippen LogP contribution in [0.2, 0.25) is 0 Å². The van der Waals surface area contributed by atoms with Crippen molar-refractivity contribution in [2.24, 2.45) is 5.92 Å². The number of nitrogens with one attached hydrogen (secondary N) is 1. The van der Waals surface area contributed by atoms with E-state index in [0.717, 1.165) is 49.6 Å². The van der Waals surface area contributed by atoms with Crippen LogP contribution in [0.15, 0.2) is 48.5 Å². The van der Waals surface area contributed by atoms with Crippen molar-refractivity contribution in [1.82, 2.24) is 10.2 Å². The molecule has 2 aliphatic rings. The molecule has 2 atom stereocenters. The van der Waals surface area contributed by atoms with Crippen molar-refractivity contribution in [2.75, 3.05) is 33.4 Å². The number of amides is 1. The highest BCUT2D eigenvalue weighted by Crippen LogP contribution is 2.26. The number of hydrogen-bond donors (Lipinski definition) is 2. The second kappa shape index (κ2) is 15.8. The van der Waals surface area contributed by atoms with Gasteiger partial charge in [-0.15, -0.1) is 0 Å². The Morgan fingerprint density at radius 2 is 1.55 bits per heavy atom. The third-order valence-electron chi connectivity index (χ3n) is 8.28. The fraction of sp³-hybridized carbons (Fsp3) is 0.576. The van der Waals surface area contributed by atoms with Crippen molar-refractivity contribution in [3.05, 3.63) is 59.7 Å². The Bertz CT molecular complexity index is 1040. The Morgan fingerprint density at radius 1 is 0.900 bits per heavy atom. The summed E-state index contributed by atoms with van der Waals surface area (Å²) in [5, 5.41) is 14.4. The van der Waals surface area contributed by atoms with E-state index in [4.69, 9.17) is 9.47 Å². The monoisotopic (exact) mass is 550 g/mol. The number of benzene rings is 2. The van der Waals surface area contributed by atoms with Gasteiger partial charge in [-0.2, -0.15) is 0 Å². The third kappa shape index (κ3) is 9.34. The maximum absolute atomic E-state index is 12.9. The molecule has 4 rings (SSSR count). The van der Waals surface area contributed by atoms with Crippen molar-refractivity contribution in [2.45, 2.75) is 82.8 Å². The number of likely N-dealkylation sites (tertiary alicyclic amines) is 1. The Kier molecular flexibility index (Phi) is 11.9. The number of carbonyl (C=O) groups is 2. The van der Waals surface area contributed by atoms with Gasteiger partial charge in [-0.25, -0.2) is 0 Å². The normalized spacial score (nSPS) is 17.8. The maximum Gasteiger partial charge on any atom is 0.220 e. The van der Waals surface area contributed by atoms with E-state index in [1.165, 1.54) is 32.1 Å². The Balaban J connectivity index is 1.25. The molecule has 7 nitrogen and oxygen atoms in total. The van der Waals surface area contributed by atoms with Gasteiger partial charge in [-0.3, -0.25) is 9.59 Å². The number of ketones is 1. The largest absolute Gasteiger partial charge is 0.497 e. The van der Waals surface area contributed by atoms with Crippen LogP contribution < -0.4 is 14.8 Å². The summed E-state index contributed by atoms with van der Waals surface area (Å²) in [5.41, 5.74) is 1.43. The molecule has 0 bridgehead atoms. The van der Waals surface area contributed by atoms with Gasteiger partial charge in [0.05, 0.1) is 19.8 Å². The third-order valence-corrected chi connectivity index (χ3v) is 8.28. The lowest BCUT2D eigenvalue weighted by Gasteiger charge is -2.29. The first kappa shape index (κ1) is 30.1. The smallest absolute Gasteiger partial charge is 0.220 e. The molecule has 2 fully saturated rings. The Hall–Kier alpha value is -2.90. The summed E-state index contributed by atoms with van der Waals surface area (Å²) in [4.78, 5) is 27.6. The predicted octanol–water partition coefficient (Wildman–Crippen LogP) is 5.71. The molecule has 0 radical (unpaired) electrons. The Morgan fingerprint density at radius 3 is 2.23 bits per heavy atom. The average Bonchev–Trinajstić information content (AvgIpc) is 3.51. The molecule has 0 unspecified atom stereocenters. The zero-order chi connectivity index (χ0) is 28.2. The van der Waals surface area contributed by atoms with Gasteiger partial charge >= 0.3 is 0 Å². The molecule has 218 valence electrons. The van der Waals surface area contributed by atoms with Crippen molar-refractivity contribution < 1.29 is 24.2 Å². The van der Waals surface area contributed by atoms with Gasteiger partial charge in [-0.1, -0.05) is 31.4 Å². The molecule has 1 saturated heterocycles. The quantitative estimate of drug-likeness (QED) is 0.218.